The molecule has 2 heterocycles. The van der Waals surface area contributed by atoms with E-state index in [9.17, 15) is 4.79 Å². The van der Waals surface area contributed by atoms with E-state index < -0.39 is 5.97 Å². The average Bonchev–Trinajstić information content (AvgIpc) is 2.85. The summed E-state index contributed by atoms with van der Waals surface area (Å²) in [5.41, 5.74) is 1.70. The third-order valence-electron chi connectivity index (χ3n) is 3.62. The van der Waals surface area contributed by atoms with E-state index in [1.807, 2.05) is 0 Å². The first-order valence-corrected chi connectivity index (χ1v) is 7.71. The first-order valence-electron chi connectivity index (χ1n) is 6.83. The number of likely N-dealkylation sites (tertiary alicyclic amines) is 1. The quantitative estimate of drug-likeness (QED) is 0.785. The Balaban J connectivity index is 1.71. The van der Waals surface area contributed by atoms with Crippen molar-refractivity contribution in [1.82, 2.24) is 9.88 Å². The van der Waals surface area contributed by atoms with Crippen LogP contribution in [0.4, 0.5) is 5.00 Å². The predicted octanol–water partition coefficient (Wildman–Crippen LogP) is 2.52. The largest absolute Gasteiger partial charge is 0.476 e. The molecule has 1 aliphatic rings. The monoisotopic (exact) mass is 283 g/mol. The number of aromatic carboxylic acids is 1. The fourth-order valence-corrected chi connectivity index (χ4v) is 3.20. The minimum absolute atomic E-state index is 0.136. The highest BCUT2D eigenvalue weighted by molar-refractivity contribution is 7.14. The molecular weight excluding hydrogens is 262 g/mol. The van der Waals surface area contributed by atoms with Crippen molar-refractivity contribution in [2.75, 3.05) is 25.0 Å². The van der Waals surface area contributed by atoms with Crippen molar-refractivity contribution in [2.24, 2.45) is 0 Å². The lowest BCUT2D eigenvalue weighted by Gasteiger charge is -2.33. The van der Waals surface area contributed by atoms with Crippen LogP contribution in [0, 0.1) is 0 Å². The number of carboxylic acid groups (broad SMARTS) is 1. The maximum Gasteiger partial charge on any atom is 0.357 e. The van der Waals surface area contributed by atoms with Crippen LogP contribution in [0.5, 0.6) is 0 Å². The van der Waals surface area contributed by atoms with Gasteiger partial charge in [0, 0.05) is 19.1 Å². The summed E-state index contributed by atoms with van der Waals surface area (Å²) in [5.74, 6) is -0.964. The molecule has 19 heavy (non-hydrogen) atoms. The molecule has 2 rings (SSSR count). The van der Waals surface area contributed by atoms with Crippen molar-refractivity contribution in [3.63, 3.8) is 0 Å². The smallest absolute Gasteiger partial charge is 0.357 e. The van der Waals surface area contributed by atoms with E-state index in [1.165, 1.54) is 37.1 Å². The van der Waals surface area contributed by atoms with Gasteiger partial charge in [-0.2, -0.15) is 0 Å². The Hall–Kier alpha value is -1.14. The molecule has 1 fully saturated rings. The van der Waals surface area contributed by atoms with Crippen molar-refractivity contribution in [1.29, 1.82) is 0 Å². The number of piperidine rings is 1. The van der Waals surface area contributed by atoms with Crippen LogP contribution in [-0.4, -0.2) is 46.6 Å². The highest BCUT2D eigenvalue weighted by atomic mass is 32.1. The van der Waals surface area contributed by atoms with Crippen LogP contribution in [0.2, 0.25) is 0 Å². The molecule has 0 aromatic carbocycles. The molecule has 0 amide bonds. The second kappa shape index (κ2) is 6.86. The topological polar surface area (TPSA) is 65.5 Å². The van der Waals surface area contributed by atoms with E-state index in [-0.39, 0.29) is 5.69 Å². The summed E-state index contributed by atoms with van der Waals surface area (Å²) in [6, 6.07) is 0.687. The van der Waals surface area contributed by atoms with Gasteiger partial charge in [0.05, 0.1) is 5.51 Å². The van der Waals surface area contributed by atoms with E-state index in [1.54, 1.807) is 5.51 Å². The van der Waals surface area contributed by atoms with Gasteiger partial charge in [-0.05, 0) is 32.7 Å². The lowest BCUT2D eigenvalue weighted by molar-refractivity contribution is 0.0692. The lowest BCUT2D eigenvalue weighted by atomic mass is 10.0. The summed E-state index contributed by atoms with van der Waals surface area (Å²) in [6.45, 7) is 5.36. The van der Waals surface area contributed by atoms with Crippen molar-refractivity contribution in [3.8, 4) is 0 Å². The molecule has 1 atom stereocenters. The number of hydrogen-bond acceptors (Lipinski definition) is 5. The van der Waals surface area contributed by atoms with Gasteiger partial charge in [-0.15, -0.1) is 11.3 Å². The van der Waals surface area contributed by atoms with Gasteiger partial charge in [-0.3, -0.25) is 0 Å². The number of aromatic nitrogens is 1. The summed E-state index contributed by atoms with van der Waals surface area (Å²) in [4.78, 5) is 17.3. The van der Waals surface area contributed by atoms with Crippen LogP contribution in [0.15, 0.2) is 5.51 Å². The fraction of sp³-hybridized carbons (Fsp3) is 0.692. The van der Waals surface area contributed by atoms with Crippen LogP contribution < -0.4 is 5.32 Å². The summed E-state index contributed by atoms with van der Waals surface area (Å²) in [7, 11) is 0. The normalized spacial score (nSPS) is 20.4. The number of carbonyl (C=O) groups is 1. The number of nitrogens with zero attached hydrogens (tertiary/aromatic N) is 2. The third-order valence-corrected chi connectivity index (χ3v) is 4.40. The first-order chi connectivity index (χ1) is 9.18. The van der Waals surface area contributed by atoms with Crippen LogP contribution in [0.3, 0.4) is 0 Å². The van der Waals surface area contributed by atoms with E-state index in [4.69, 9.17) is 5.11 Å². The van der Waals surface area contributed by atoms with Crippen molar-refractivity contribution in [3.05, 3.63) is 11.2 Å². The number of nitrogens with one attached hydrogen (secondary N) is 1. The first kappa shape index (κ1) is 14.3. The molecular formula is C13H21N3O2S. The molecule has 1 aromatic rings. The Morgan fingerprint density at radius 3 is 3.21 bits per heavy atom. The minimum Gasteiger partial charge on any atom is -0.476 e. The summed E-state index contributed by atoms with van der Waals surface area (Å²) >= 11 is 1.35. The van der Waals surface area contributed by atoms with Crippen LogP contribution >= 0.6 is 11.3 Å². The van der Waals surface area contributed by atoms with Gasteiger partial charge in [-0.25, -0.2) is 9.78 Å². The molecule has 0 spiro atoms. The molecule has 1 saturated heterocycles. The Morgan fingerprint density at radius 1 is 1.63 bits per heavy atom. The van der Waals surface area contributed by atoms with Gasteiger partial charge in [0.15, 0.2) is 5.69 Å². The summed E-state index contributed by atoms with van der Waals surface area (Å²) in [5, 5.41) is 12.8. The number of anilines is 1. The molecule has 1 unspecified atom stereocenters. The van der Waals surface area contributed by atoms with Gasteiger partial charge in [0.25, 0.3) is 0 Å². The molecule has 1 aliphatic heterocycles. The fourth-order valence-electron chi connectivity index (χ4n) is 2.50. The summed E-state index contributed by atoms with van der Waals surface area (Å²) in [6.07, 6.45) is 4.97. The molecule has 5 nitrogen and oxygen atoms in total. The Bertz CT molecular complexity index is 422. The zero-order valence-electron chi connectivity index (χ0n) is 11.3. The lowest BCUT2D eigenvalue weighted by Crippen LogP contribution is -2.38. The van der Waals surface area contributed by atoms with E-state index >= 15 is 0 Å². The maximum atomic E-state index is 10.9. The molecule has 0 aliphatic carbocycles. The van der Waals surface area contributed by atoms with Gasteiger partial charge >= 0.3 is 5.97 Å². The second-order valence-electron chi connectivity index (χ2n) is 5.00. The number of carboxylic acids is 1. The van der Waals surface area contributed by atoms with Crippen molar-refractivity contribution in [2.45, 2.75) is 38.6 Å². The molecule has 106 valence electrons. The predicted molar refractivity (Wildman–Crippen MR) is 77.1 cm³/mol. The number of rotatable bonds is 6. The molecule has 6 heteroatoms. The van der Waals surface area contributed by atoms with E-state index in [0.29, 0.717) is 11.0 Å². The van der Waals surface area contributed by atoms with Crippen molar-refractivity contribution < 1.29 is 9.90 Å². The highest BCUT2D eigenvalue weighted by Gasteiger charge is 2.17. The summed E-state index contributed by atoms with van der Waals surface area (Å²) < 4.78 is 0. The molecule has 0 saturated carbocycles. The van der Waals surface area contributed by atoms with Gasteiger partial charge in [0.1, 0.15) is 5.00 Å². The third kappa shape index (κ3) is 3.91. The van der Waals surface area contributed by atoms with E-state index in [2.05, 4.69) is 22.1 Å². The maximum absolute atomic E-state index is 10.9. The SMILES string of the molecule is CC1CCCCN1CCCNc1scnc1C(=O)O. The Morgan fingerprint density at radius 2 is 2.47 bits per heavy atom. The molecule has 2 N–H and O–H groups in total. The van der Waals surface area contributed by atoms with Crippen LogP contribution in [0.1, 0.15) is 43.1 Å². The van der Waals surface area contributed by atoms with Gasteiger partial charge < -0.3 is 15.3 Å². The zero-order valence-corrected chi connectivity index (χ0v) is 12.1. The molecule has 1 aromatic heterocycles. The van der Waals surface area contributed by atoms with Crippen molar-refractivity contribution >= 4 is 22.3 Å². The van der Waals surface area contributed by atoms with Gasteiger partial charge in [-0.1, -0.05) is 6.42 Å². The van der Waals surface area contributed by atoms with Crippen LogP contribution in [-0.2, 0) is 0 Å². The minimum atomic E-state index is -0.964. The Kier molecular flexibility index (Phi) is 5.15. The number of hydrogen-bond donors (Lipinski definition) is 2. The highest BCUT2D eigenvalue weighted by Crippen LogP contribution is 2.20. The average molecular weight is 283 g/mol. The Labute approximate surface area is 117 Å². The van der Waals surface area contributed by atoms with E-state index in [0.717, 1.165) is 19.5 Å². The molecule has 0 bridgehead atoms. The zero-order chi connectivity index (χ0) is 13.7. The van der Waals surface area contributed by atoms with Gasteiger partial charge in [0.2, 0.25) is 0 Å². The second-order valence-corrected chi connectivity index (χ2v) is 5.85. The standard InChI is InChI=1S/C13H21N3O2S/c1-10-5-2-3-7-16(10)8-4-6-14-12-11(13(17)18)15-9-19-12/h9-10,14H,2-8H2,1H3,(H,17,18). The van der Waals surface area contributed by atoms with Crippen LogP contribution in [0.25, 0.3) is 0 Å². The number of thiazole rings is 1. The molecule has 0 radical (unpaired) electrons.